The number of hydrogen-bond donors (Lipinski definition) is 1. The van der Waals surface area contributed by atoms with Crippen molar-refractivity contribution in [2.75, 3.05) is 0 Å². The highest BCUT2D eigenvalue weighted by Crippen LogP contribution is 2.31. The number of fused-ring (bicyclic) bond motifs is 1. The van der Waals surface area contributed by atoms with E-state index in [1.807, 2.05) is 39.0 Å². The quantitative estimate of drug-likeness (QED) is 0.759. The molecule has 0 saturated heterocycles. The molecule has 15 heavy (non-hydrogen) atoms. The van der Waals surface area contributed by atoms with Crippen LogP contribution in [0.3, 0.4) is 0 Å². The first-order chi connectivity index (χ1) is 7.00. The van der Waals surface area contributed by atoms with Gasteiger partial charge in [0.25, 0.3) is 0 Å². The average Bonchev–Trinajstić information content (AvgIpc) is 2.58. The molecule has 0 fully saturated rings. The Morgan fingerprint density at radius 2 is 2.00 bits per heavy atom. The number of ketones is 1. The van der Waals surface area contributed by atoms with Crippen LogP contribution in [-0.2, 0) is 11.3 Å². The molecule has 1 aliphatic heterocycles. The molecule has 0 amide bonds. The van der Waals surface area contributed by atoms with Crippen LogP contribution in [0.4, 0.5) is 0 Å². The first-order valence-electron chi connectivity index (χ1n) is 5.35. The topological polar surface area (TPSA) is 29.1 Å². The van der Waals surface area contributed by atoms with E-state index in [0.29, 0.717) is 0 Å². The van der Waals surface area contributed by atoms with Gasteiger partial charge in [-0.05, 0) is 11.1 Å². The Morgan fingerprint density at radius 1 is 1.33 bits per heavy atom. The van der Waals surface area contributed by atoms with Crippen molar-refractivity contribution in [1.82, 2.24) is 5.32 Å². The second-order valence-corrected chi connectivity index (χ2v) is 5.13. The minimum absolute atomic E-state index is 0.110. The van der Waals surface area contributed by atoms with Gasteiger partial charge in [0, 0.05) is 12.0 Å². The molecule has 2 nitrogen and oxygen atoms in total. The maximum atomic E-state index is 12.2. The van der Waals surface area contributed by atoms with Gasteiger partial charge in [-0.15, -0.1) is 0 Å². The summed E-state index contributed by atoms with van der Waals surface area (Å²) in [7, 11) is 0. The van der Waals surface area contributed by atoms with Crippen LogP contribution >= 0.6 is 0 Å². The van der Waals surface area contributed by atoms with Gasteiger partial charge in [-0.25, -0.2) is 0 Å². The molecule has 1 aromatic carbocycles. The number of Topliss-reactive ketones (excluding diaryl/α,β-unsaturated/α-hetero) is 1. The minimum atomic E-state index is -0.283. The highest BCUT2D eigenvalue weighted by molar-refractivity contribution is 5.90. The van der Waals surface area contributed by atoms with Crippen molar-refractivity contribution in [3.8, 4) is 0 Å². The molecule has 1 N–H and O–H groups in total. The Hall–Kier alpha value is -1.15. The van der Waals surface area contributed by atoms with Gasteiger partial charge in [-0.1, -0.05) is 45.0 Å². The van der Waals surface area contributed by atoms with Gasteiger partial charge in [0.05, 0.1) is 6.04 Å². The van der Waals surface area contributed by atoms with Crippen molar-refractivity contribution in [3.63, 3.8) is 0 Å². The summed E-state index contributed by atoms with van der Waals surface area (Å²) < 4.78 is 0. The number of carbonyl (C=O) groups is 1. The number of carbonyl (C=O) groups excluding carboxylic acids is 1. The zero-order chi connectivity index (χ0) is 11.1. The molecule has 0 aliphatic carbocycles. The molecular formula is C13H17NO. The Morgan fingerprint density at radius 3 is 2.67 bits per heavy atom. The molecule has 2 heteroatoms. The first kappa shape index (κ1) is 10.4. The van der Waals surface area contributed by atoms with Crippen LogP contribution in [0.25, 0.3) is 0 Å². The lowest BCUT2D eigenvalue weighted by Gasteiger charge is -2.22. The summed E-state index contributed by atoms with van der Waals surface area (Å²) in [5.41, 5.74) is 2.12. The number of benzene rings is 1. The second kappa shape index (κ2) is 3.46. The van der Waals surface area contributed by atoms with Gasteiger partial charge in [0.2, 0.25) is 0 Å². The average molecular weight is 203 g/mol. The molecule has 0 aromatic heterocycles. The van der Waals surface area contributed by atoms with E-state index in [4.69, 9.17) is 0 Å². The number of nitrogens with one attached hydrogen (secondary N) is 1. The first-order valence-corrected chi connectivity index (χ1v) is 5.35. The van der Waals surface area contributed by atoms with Crippen LogP contribution in [0.1, 0.15) is 37.9 Å². The highest BCUT2D eigenvalue weighted by Gasteiger charge is 2.34. The lowest BCUT2D eigenvalue weighted by Crippen LogP contribution is -2.32. The van der Waals surface area contributed by atoms with Crippen LogP contribution in [0.5, 0.6) is 0 Å². The van der Waals surface area contributed by atoms with Crippen molar-refractivity contribution in [1.29, 1.82) is 0 Å². The Labute approximate surface area is 90.7 Å². The van der Waals surface area contributed by atoms with Gasteiger partial charge in [-0.2, -0.15) is 0 Å². The molecule has 0 bridgehead atoms. The normalized spacial score (nSPS) is 20.1. The summed E-state index contributed by atoms with van der Waals surface area (Å²) in [4.78, 5) is 12.2. The fraction of sp³-hybridized carbons (Fsp3) is 0.462. The zero-order valence-corrected chi connectivity index (χ0v) is 9.50. The predicted octanol–water partition coefficient (Wildman–Crippen LogP) is 2.45. The Balaban J connectivity index is 2.32. The summed E-state index contributed by atoms with van der Waals surface area (Å²) in [6, 6.07) is 8.03. The second-order valence-electron chi connectivity index (χ2n) is 5.13. The highest BCUT2D eigenvalue weighted by atomic mass is 16.1. The van der Waals surface area contributed by atoms with Gasteiger partial charge in [-0.3, -0.25) is 10.1 Å². The molecule has 0 spiro atoms. The Kier molecular flexibility index (Phi) is 2.39. The predicted molar refractivity (Wildman–Crippen MR) is 60.5 cm³/mol. The molecular weight excluding hydrogens is 186 g/mol. The van der Waals surface area contributed by atoms with Gasteiger partial charge in [0.1, 0.15) is 0 Å². The summed E-state index contributed by atoms with van der Waals surface area (Å²) in [5, 5.41) is 3.28. The smallest absolute Gasteiger partial charge is 0.159 e. The van der Waals surface area contributed by atoms with E-state index in [1.54, 1.807) is 0 Å². The SMILES string of the molecule is CC(C)(C)C(=O)[C@@H]1NCc2ccccc21. The van der Waals surface area contributed by atoms with Crippen molar-refractivity contribution in [2.45, 2.75) is 33.4 Å². The van der Waals surface area contributed by atoms with E-state index >= 15 is 0 Å². The monoisotopic (exact) mass is 203 g/mol. The van der Waals surface area contributed by atoms with Crippen LogP contribution in [0, 0.1) is 5.41 Å². The molecule has 1 aromatic rings. The minimum Gasteiger partial charge on any atom is -0.300 e. The fourth-order valence-electron chi connectivity index (χ4n) is 1.97. The standard InChI is InChI=1S/C13H17NO/c1-13(2,3)12(15)11-10-7-5-4-6-9(10)8-14-11/h4-7,11,14H,8H2,1-3H3/t11-/m1/s1. The van der Waals surface area contributed by atoms with Crippen LogP contribution < -0.4 is 5.32 Å². The molecule has 0 saturated carbocycles. The summed E-state index contributed by atoms with van der Waals surface area (Å²) in [6.45, 7) is 6.72. The van der Waals surface area contributed by atoms with E-state index in [1.165, 1.54) is 5.56 Å². The molecule has 1 heterocycles. The van der Waals surface area contributed by atoms with E-state index in [0.717, 1.165) is 12.1 Å². The number of rotatable bonds is 1. The van der Waals surface area contributed by atoms with Crippen molar-refractivity contribution < 1.29 is 4.79 Å². The fourth-order valence-corrected chi connectivity index (χ4v) is 1.97. The maximum absolute atomic E-state index is 12.2. The lowest BCUT2D eigenvalue weighted by atomic mass is 9.84. The molecule has 1 aliphatic rings. The summed E-state index contributed by atoms with van der Waals surface area (Å²) >= 11 is 0. The third-order valence-corrected chi connectivity index (χ3v) is 2.86. The van der Waals surface area contributed by atoms with Crippen molar-refractivity contribution in [2.24, 2.45) is 5.41 Å². The van der Waals surface area contributed by atoms with Crippen LogP contribution in [0.2, 0.25) is 0 Å². The molecule has 80 valence electrons. The zero-order valence-electron chi connectivity index (χ0n) is 9.50. The van der Waals surface area contributed by atoms with E-state index in [9.17, 15) is 4.79 Å². The molecule has 0 radical (unpaired) electrons. The molecule has 2 rings (SSSR count). The molecule has 0 unspecified atom stereocenters. The van der Waals surface area contributed by atoms with Crippen molar-refractivity contribution >= 4 is 5.78 Å². The Bertz CT molecular complexity index is 390. The van der Waals surface area contributed by atoms with E-state index < -0.39 is 0 Å². The lowest BCUT2D eigenvalue weighted by molar-refractivity contribution is -0.128. The van der Waals surface area contributed by atoms with Gasteiger partial charge < -0.3 is 0 Å². The summed E-state index contributed by atoms with van der Waals surface area (Å²) in [6.07, 6.45) is 0. The van der Waals surface area contributed by atoms with Gasteiger partial charge in [0.15, 0.2) is 5.78 Å². The van der Waals surface area contributed by atoms with E-state index in [-0.39, 0.29) is 17.2 Å². The maximum Gasteiger partial charge on any atom is 0.159 e. The van der Waals surface area contributed by atoms with Crippen LogP contribution in [-0.4, -0.2) is 5.78 Å². The van der Waals surface area contributed by atoms with E-state index in [2.05, 4.69) is 11.4 Å². The number of hydrogen-bond acceptors (Lipinski definition) is 2. The molecule has 1 atom stereocenters. The third-order valence-electron chi connectivity index (χ3n) is 2.86. The van der Waals surface area contributed by atoms with Gasteiger partial charge >= 0.3 is 0 Å². The largest absolute Gasteiger partial charge is 0.300 e. The third kappa shape index (κ3) is 1.82. The summed E-state index contributed by atoms with van der Waals surface area (Å²) in [5.74, 6) is 0.271. The van der Waals surface area contributed by atoms with Crippen LogP contribution in [0.15, 0.2) is 24.3 Å². The van der Waals surface area contributed by atoms with Crippen molar-refractivity contribution in [3.05, 3.63) is 35.4 Å².